The predicted molar refractivity (Wildman–Crippen MR) is 125 cm³/mol. The summed E-state index contributed by atoms with van der Waals surface area (Å²) in [6.45, 7) is 4.24. The highest BCUT2D eigenvalue weighted by Gasteiger charge is 2.17. The van der Waals surface area contributed by atoms with Crippen LogP contribution in [-0.2, 0) is 9.59 Å². The molecule has 0 radical (unpaired) electrons. The summed E-state index contributed by atoms with van der Waals surface area (Å²) in [6.07, 6.45) is 9.91. The Labute approximate surface area is 184 Å². The first-order valence-corrected chi connectivity index (χ1v) is 11.8. The van der Waals surface area contributed by atoms with Gasteiger partial charge in [0, 0.05) is 43.0 Å². The molecule has 166 valence electrons. The second kappa shape index (κ2) is 10.1. The van der Waals surface area contributed by atoms with Crippen molar-refractivity contribution < 1.29 is 9.59 Å². The van der Waals surface area contributed by atoms with Crippen molar-refractivity contribution in [2.75, 3.05) is 23.3 Å². The summed E-state index contributed by atoms with van der Waals surface area (Å²) >= 11 is 0. The lowest BCUT2D eigenvalue weighted by Gasteiger charge is -2.28. The molecule has 1 aromatic carbocycles. The van der Waals surface area contributed by atoms with Crippen molar-refractivity contribution in [1.29, 1.82) is 0 Å². The highest BCUT2D eigenvalue weighted by Crippen LogP contribution is 2.27. The minimum atomic E-state index is -0.131. The fraction of sp³-hybridized carbons (Fsp3) is 0.560. The van der Waals surface area contributed by atoms with Crippen molar-refractivity contribution in [1.82, 2.24) is 10.3 Å². The molecule has 6 nitrogen and oxygen atoms in total. The molecule has 0 atom stereocenters. The van der Waals surface area contributed by atoms with E-state index in [1.807, 2.05) is 18.2 Å². The number of carbonyl (C=O) groups excluding carboxylic acids is 2. The maximum Gasteiger partial charge on any atom is 0.224 e. The van der Waals surface area contributed by atoms with Crippen LogP contribution in [0.4, 0.5) is 11.5 Å². The molecule has 1 saturated heterocycles. The van der Waals surface area contributed by atoms with Crippen LogP contribution in [0.3, 0.4) is 0 Å². The monoisotopic (exact) mass is 422 g/mol. The van der Waals surface area contributed by atoms with Crippen LogP contribution in [-0.4, -0.2) is 35.9 Å². The zero-order valence-electron chi connectivity index (χ0n) is 18.6. The number of fused-ring (bicyclic) bond motifs is 1. The molecule has 2 fully saturated rings. The number of benzene rings is 1. The van der Waals surface area contributed by atoms with Crippen LogP contribution in [0.1, 0.15) is 69.8 Å². The van der Waals surface area contributed by atoms with Gasteiger partial charge in [-0.2, -0.15) is 0 Å². The van der Waals surface area contributed by atoms with Crippen molar-refractivity contribution in [3.8, 4) is 0 Å². The Bertz CT molecular complexity index is 931. The van der Waals surface area contributed by atoms with Gasteiger partial charge in [0.05, 0.1) is 5.52 Å². The lowest BCUT2D eigenvalue weighted by Crippen LogP contribution is -2.36. The van der Waals surface area contributed by atoms with E-state index in [4.69, 9.17) is 4.98 Å². The van der Waals surface area contributed by atoms with Crippen LogP contribution in [0.2, 0.25) is 0 Å². The van der Waals surface area contributed by atoms with Crippen LogP contribution >= 0.6 is 0 Å². The number of rotatable bonds is 6. The molecule has 0 bridgehead atoms. The predicted octanol–water partition coefficient (Wildman–Crippen LogP) is 4.70. The van der Waals surface area contributed by atoms with Gasteiger partial charge in [-0.1, -0.05) is 19.3 Å². The van der Waals surface area contributed by atoms with Gasteiger partial charge in [0.15, 0.2) is 0 Å². The van der Waals surface area contributed by atoms with Crippen molar-refractivity contribution in [3.05, 3.63) is 29.8 Å². The van der Waals surface area contributed by atoms with Gasteiger partial charge in [-0.05, 0) is 68.9 Å². The van der Waals surface area contributed by atoms with Crippen molar-refractivity contribution in [3.63, 3.8) is 0 Å². The highest BCUT2D eigenvalue weighted by molar-refractivity contribution is 5.96. The fourth-order valence-corrected chi connectivity index (χ4v) is 4.74. The molecule has 1 aromatic heterocycles. The highest BCUT2D eigenvalue weighted by atomic mass is 16.2. The Morgan fingerprint density at radius 1 is 0.968 bits per heavy atom. The van der Waals surface area contributed by atoms with E-state index in [9.17, 15) is 9.59 Å². The molecule has 1 aliphatic heterocycles. The normalized spacial score (nSPS) is 17.5. The average Bonchev–Trinajstić information content (AvgIpc) is 2.79. The maximum absolute atomic E-state index is 12.4. The first kappa shape index (κ1) is 21.6. The van der Waals surface area contributed by atoms with Crippen molar-refractivity contribution in [2.45, 2.75) is 77.2 Å². The Balaban J connectivity index is 1.34. The van der Waals surface area contributed by atoms with Crippen LogP contribution in [0.5, 0.6) is 0 Å². The second-order valence-electron chi connectivity index (χ2n) is 9.03. The number of pyridine rings is 1. The minimum Gasteiger partial charge on any atom is -0.357 e. The van der Waals surface area contributed by atoms with E-state index in [1.165, 1.54) is 38.5 Å². The van der Waals surface area contributed by atoms with Crippen LogP contribution in [0.25, 0.3) is 10.9 Å². The molecule has 2 amide bonds. The third kappa shape index (κ3) is 5.75. The molecule has 1 saturated carbocycles. The number of hydrogen-bond acceptors (Lipinski definition) is 4. The molecule has 2 aromatic rings. The molecule has 6 heteroatoms. The quantitative estimate of drug-likeness (QED) is 0.708. The Morgan fingerprint density at radius 2 is 1.68 bits per heavy atom. The zero-order valence-corrected chi connectivity index (χ0v) is 18.6. The van der Waals surface area contributed by atoms with E-state index in [0.717, 1.165) is 53.9 Å². The minimum absolute atomic E-state index is 0.0224. The summed E-state index contributed by atoms with van der Waals surface area (Å²) in [4.78, 5) is 31.7. The van der Waals surface area contributed by atoms with Gasteiger partial charge in [-0.3, -0.25) is 9.59 Å². The SMILES string of the molecule is Cc1cc(N2CCCCC2)nc2ccc(NC(=O)CCC(=O)NC3CCCCC3)cc12. The topological polar surface area (TPSA) is 74.3 Å². The first-order valence-electron chi connectivity index (χ1n) is 11.8. The zero-order chi connectivity index (χ0) is 21.6. The first-order chi connectivity index (χ1) is 15.1. The van der Waals surface area contributed by atoms with Crippen molar-refractivity contribution >= 4 is 34.2 Å². The van der Waals surface area contributed by atoms with Gasteiger partial charge in [-0.25, -0.2) is 4.98 Å². The summed E-state index contributed by atoms with van der Waals surface area (Å²) < 4.78 is 0. The summed E-state index contributed by atoms with van der Waals surface area (Å²) in [5, 5.41) is 7.06. The molecule has 2 aliphatic rings. The second-order valence-corrected chi connectivity index (χ2v) is 9.03. The van der Waals surface area contributed by atoms with Gasteiger partial charge >= 0.3 is 0 Å². The molecule has 2 heterocycles. The van der Waals surface area contributed by atoms with Gasteiger partial charge < -0.3 is 15.5 Å². The molecule has 2 N–H and O–H groups in total. The Hall–Kier alpha value is -2.63. The van der Waals surface area contributed by atoms with E-state index in [-0.39, 0.29) is 30.7 Å². The summed E-state index contributed by atoms with van der Waals surface area (Å²) in [5.74, 6) is 0.894. The van der Waals surface area contributed by atoms with Gasteiger partial charge in [0.2, 0.25) is 11.8 Å². The van der Waals surface area contributed by atoms with Gasteiger partial charge in [0.25, 0.3) is 0 Å². The molecular weight excluding hydrogens is 388 g/mol. The Kier molecular flexibility index (Phi) is 7.05. The number of nitrogens with one attached hydrogen (secondary N) is 2. The van der Waals surface area contributed by atoms with Gasteiger partial charge in [-0.15, -0.1) is 0 Å². The largest absolute Gasteiger partial charge is 0.357 e. The number of hydrogen-bond donors (Lipinski definition) is 2. The number of carbonyl (C=O) groups is 2. The number of nitrogens with zero attached hydrogens (tertiary/aromatic N) is 2. The van der Waals surface area contributed by atoms with E-state index in [1.54, 1.807) is 0 Å². The van der Waals surface area contributed by atoms with Gasteiger partial charge in [0.1, 0.15) is 5.82 Å². The number of aromatic nitrogens is 1. The third-order valence-electron chi connectivity index (χ3n) is 6.52. The van der Waals surface area contributed by atoms with E-state index >= 15 is 0 Å². The number of anilines is 2. The number of piperidine rings is 1. The smallest absolute Gasteiger partial charge is 0.224 e. The summed E-state index contributed by atoms with van der Waals surface area (Å²) in [6, 6.07) is 8.29. The lowest BCUT2D eigenvalue weighted by molar-refractivity contribution is -0.125. The van der Waals surface area contributed by atoms with Crippen LogP contribution in [0, 0.1) is 6.92 Å². The number of amides is 2. The molecule has 0 unspecified atom stereocenters. The third-order valence-corrected chi connectivity index (χ3v) is 6.52. The molecule has 0 spiro atoms. The van der Waals surface area contributed by atoms with Crippen molar-refractivity contribution in [2.24, 2.45) is 0 Å². The molecule has 1 aliphatic carbocycles. The molecule has 31 heavy (non-hydrogen) atoms. The maximum atomic E-state index is 12.4. The Morgan fingerprint density at radius 3 is 2.45 bits per heavy atom. The fourth-order valence-electron chi connectivity index (χ4n) is 4.74. The van der Waals surface area contributed by atoms with E-state index in [0.29, 0.717) is 0 Å². The summed E-state index contributed by atoms with van der Waals surface area (Å²) in [5.41, 5.74) is 2.86. The summed E-state index contributed by atoms with van der Waals surface area (Å²) in [7, 11) is 0. The number of aryl methyl sites for hydroxylation is 1. The average molecular weight is 423 g/mol. The van der Waals surface area contributed by atoms with E-state index in [2.05, 4.69) is 28.5 Å². The van der Waals surface area contributed by atoms with E-state index < -0.39 is 0 Å². The van der Waals surface area contributed by atoms with Crippen LogP contribution < -0.4 is 15.5 Å². The standard InChI is InChI=1S/C25H34N4O2/c1-18-16-23(29-14-6-3-7-15-29)28-22-11-10-20(17-21(18)22)27-25(31)13-12-24(30)26-19-8-4-2-5-9-19/h10-11,16-17,19H,2-9,12-15H2,1H3,(H,26,30)(H,27,31). The van der Waals surface area contributed by atoms with Crippen LogP contribution in [0.15, 0.2) is 24.3 Å². The lowest BCUT2D eigenvalue weighted by atomic mass is 9.95. The molecular formula is C25H34N4O2. The molecule has 4 rings (SSSR count).